The number of ether oxygens (including phenoxy) is 1. The van der Waals surface area contributed by atoms with Crippen molar-refractivity contribution in [1.29, 1.82) is 0 Å². The average molecular weight is 316 g/mol. The summed E-state index contributed by atoms with van der Waals surface area (Å²) in [6.45, 7) is 0. The summed E-state index contributed by atoms with van der Waals surface area (Å²) in [7, 11) is 0. The lowest BCUT2D eigenvalue weighted by Gasteiger charge is -2.11. The zero-order chi connectivity index (χ0) is 15.1. The minimum absolute atomic E-state index is 0.247. The van der Waals surface area contributed by atoms with Gasteiger partial charge < -0.3 is 10.1 Å². The molecule has 1 aliphatic rings. The molecule has 22 heavy (non-hydrogen) atoms. The largest absolute Gasteiger partial charge is 0.480 e. The second-order valence-electron chi connectivity index (χ2n) is 4.99. The number of carbonyl (C=O) groups is 1. The number of amides is 1. The number of anilines is 1. The smallest absolute Gasteiger partial charge is 0.265 e. The van der Waals surface area contributed by atoms with Crippen LogP contribution in [0.15, 0.2) is 41.0 Å². The molecule has 1 amide bonds. The van der Waals surface area contributed by atoms with Gasteiger partial charge in [-0.2, -0.15) is 0 Å². The van der Waals surface area contributed by atoms with Crippen molar-refractivity contribution in [1.82, 2.24) is 10.3 Å². The summed E-state index contributed by atoms with van der Waals surface area (Å²) in [5, 5.41) is 11.0. The molecule has 0 radical (unpaired) electrons. The van der Waals surface area contributed by atoms with E-state index < -0.39 is 6.10 Å². The SMILES string of the molecule is O=C(Nc1cccc2nonc12)C1Cc2cc(Cl)ccc2O1. The summed E-state index contributed by atoms with van der Waals surface area (Å²) in [6, 6.07) is 10.6. The van der Waals surface area contributed by atoms with Gasteiger partial charge in [-0.1, -0.05) is 17.7 Å². The molecule has 7 heteroatoms. The third-order valence-corrected chi connectivity index (χ3v) is 3.77. The predicted molar refractivity (Wildman–Crippen MR) is 80.0 cm³/mol. The number of nitrogens with one attached hydrogen (secondary N) is 1. The highest BCUT2D eigenvalue weighted by Crippen LogP contribution is 2.31. The van der Waals surface area contributed by atoms with Crippen LogP contribution in [0.3, 0.4) is 0 Å². The summed E-state index contributed by atoms with van der Waals surface area (Å²) in [4.78, 5) is 12.4. The van der Waals surface area contributed by atoms with Crippen molar-refractivity contribution >= 4 is 34.2 Å². The fourth-order valence-electron chi connectivity index (χ4n) is 2.48. The number of carbonyl (C=O) groups excluding carboxylic acids is 1. The van der Waals surface area contributed by atoms with Crippen LogP contribution < -0.4 is 10.1 Å². The maximum absolute atomic E-state index is 12.4. The molecule has 0 spiro atoms. The molecule has 1 aromatic heterocycles. The highest BCUT2D eigenvalue weighted by Gasteiger charge is 2.29. The predicted octanol–water partition coefficient (Wildman–Crippen LogP) is 2.82. The molecule has 1 N–H and O–H groups in total. The molecule has 0 bridgehead atoms. The molecule has 1 aliphatic heterocycles. The van der Waals surface area contributed by atoms with Crippen LogP contribution >= 0.6 is 11.6 Å². The molecule has 1 unspecified atom stereocenters. The lowest BCUT2D eigenvalue weighted by atomic mass is 10.1. The first-order valence-electron chi connectivity index (χ1n) is 6.68. The summed E-state index contributed by atoms with van der Waals surface area (Å²) >= 11 is 5.95. The van der Waals surface area contributed by atoms with Gasteiger partial charge in [0.1, 0.15) is 11.3 Å². The van der Waals surface area contributed by atoms with E-state index in [0.717, 1.165) is 5.56 Å². The van der Waals surface area contributed by atoms with Crippen LogP contribution in [0.2, 0.25) is 5.02 Å². The fraction of sp³-hybridized carbons (Fsp3) is 0.133. The minimum Gasteiger partial charge on any atom is -0.480 e. The number of hydrogen-bond donors (Lipinski definition) is 1. The van der Waals surface area contributed by atoms with Crippen molar-refractivity contribution in [2.75, 3.05) is 5.32 Å². The Morgan fingerprint density at radius 3 is 3.09 bits per heavy atom. The fourth-order valence-corrected chi connectivity index (χ4v) is 2.68. The van der Waals surface area contributed by atoms with E-state index in [2.05, 4.69) is 20.3 Å². The first kappa shape index (κ1) is 13.1. The van der Waals surface area contributed by atoms with E-state index in [9.17, 15) is 4.79 Å². The maximum atomic E-state index is 12.4. The molecule has 0 saturated heterocycles. The Morgan fingerprint density at radius 1 is 1.27 bits per heavy atom. The van der Waals surface area contributed by atoms with Gasteiger partial charge in [0.05, 0.1) is 5.69 Å². The number of halogens is 1. The molecule has 0 aliphatic carbocycles. The molecular formula is C15H10ClN3O3. The summed E-state index contributed by atoms with van der Waals surface area (Å²) in [5.41, 5.74) is 2.56. The molecule has 3 aromatic rings. The molecule has 2 aromatic carbocycles. The zero-order valence-corrected chi connectivity index (χ0v) is 12.0. The van der Waals surface area contributed by atoms with E-state index in [1.54, 1.807) is 30.3 Å². The standard InChI is InChI=1S/C15H10ClN3O3/c16-9-4-5-12-8(6-9)7-13(21-12)15(20)17-10-2-1-3-11-14(10)19-22-18-11/h1-6,13H,7H2,(H,17,20). The molecular weight excluding hydrogens is 306 g/mol. The summed E-state index contributed by atoms with van der Waals surface area (Å²) < 4.78 is 10.3. The number of fused-ring (bicyclic) bond motifs is 2. The van der Waals surface area contributed by atoms with Crippen LogP contribution in [0.5, 0.6) is 5.75 Å². The Hall–Kier alpha value is -2.60. The second-order valence-corrected chi connectivity index (χ2v) is 5.43. The van der Waals surface area contributed by atoms with Gasteiger partial charge in [-0.05, 0) is 46.2 Å². The molecule has 6 nitrogen and oxygen atoms in total. The number of aromatic nitrogens is 2. The van der Waals surface area contributed by atoms with Crippen LogP contribution in [-0.2, 0) is 11.2 Å². The van der Waals surface area contributed by atoms with E-state index in [4.69, 9.17) is 16.3 Å². The molecule has 2 heterocycles. The molecule has 0 fully saturated rings. The van der Waals surface area contributed by atoms with Crippen molar-refractivity contribution in [3.8, 4) is 5.75 Å². The number of hydrogen-bond acceptors (Lipinski definition) is 5. The van der Waals surface area contributed by atoms with Crippen molar-refractivity contribution in [3.63, 3.8) is 0 Å². The van der Waals surface area contributed by atoms with Crippen molar-refractivity contribution in [2.24, 2.45) is 0 Å². The molecule has 110 valence electrons. The van der Waals surface area contributed by atoms with Gasteiger partial charge in [-0.3, -0.25) is 4.79 Å². The zero-order valence-electron chi connectivity index (χ0n) is 11.2. The monoisotopic (exact) mass is 315 g/mol. The Kier molecular flexibility index (Phi) is 2.97. The second kappa shape index (κ2) is 4.99. The van der Waals surface area contributed by atoms with E-state index in [0.29, 0.717) is 33.9 Å². The maximum Gasteiger partial charge on any atom is 0.265 e. The number of benzene rings is 2. The van der Waals surface area contributed by atoms with Crippen LogP contribution in [0.1, 0.15) is 5.56 Å². The Morgan fingerprint density at radius 2 is 2.18 bits per heavy atom. The van der Waals surface area contributed by atoms with Crippen molar-refractivity contribution in [2.45, 2.75) is 12.5 Å². The van der Waals surface area contributed by atoms with Crippen LogP contribution in [-0.4, -0.2) is 22.3 Å². The first-order valence-corrected chi connectivity index (χ1v) is 7.06. The van der Waals surface area contributed by atoms with Gasteiger partial charge >= 0.3 is 0 Å². The molecule has 4 rings (SSSR count). The third kappa shape index (κ3) is 2.17. The van der Waals surface area contributed by atoms with Crippen LogP contribution in [0.4, 0.5) is 5.69 Å². The summed E-state index contributed by atoms with van der Waals surface area (Å²) in [6.07, 6.45) is -0.113. The number of nitrogens with zero attached hydrogens (tertiary/aromatic N) is 2. The lowest BCUT2D eigenvalue weighted by molar-refractivity contribution is -0.122. The minimum atomic E-state index is -0.594. The molecule has 1 atom stereocenters. The Balaban J connectivity index is 1.55. The van der Waals surface area contributed by atoms with Gasteiger partial charge in [0.25, 0.3) is 5.91 Å². The van der Waals surface area contributed by atoms with Gasteiger partial charge in [0.2, 0.25) is 0 Å². The van der Waals surface area contributed by atoms with E-state index >= 15 is 0 Å². The average Bonchev–Trinajstić information content (AvgIpc) is 3.13. The lowest BCUT2D eigenvalue weighted by Crippen LogP contribution is -2.31. The van der Waals surface area contributed by atoms with E-state index in [-0.39, 0.29) is 5.91 Å². The van der Waals surface area contributed by atoms with E-state index in [1.165, 1.54) is 0 Å². The normalized spacial score (nSPS) is 16.3. The third-order valence-electron chi connectivity index (χ3n) is 3.53. The van der Waals surface area contributed by atoms with Crippen LogP contribution in [0, 0.1) is 0 Å². The van der Waals surface area contributed by atoms with Gasteiger partial charge in [0, 0.05) is 11.4 Å². The topological polar surface area (TPSA) is 77.3 Å². The Labute approximate surface area is 130 Å². The summed E-state index contributed by atoms with van der Waals surface area (Å²) in [5.74, 6) is 0.439. The van der Waals surface area contributed by atoms with Crippen molar-refractivity contribution in [3.05, 3.63) is 47.0 Å². The van der Waals surface area contributed by atoms with Crippen molar-refractivity contribution < 1.29 is 14.2 Å². The Bertz CT molecular complexity index is 877. The van der Waals surface area contributed by atoms with Gasteiger partial charge in [-0.25, -0.2) is 4.63 Å². The highest BCUT2D eigenvalue weighted by atomic mass is 35.5. The highest BCUT2D eigenvalue weighted by molar-refractivity contribution is 6.30. The number of rotatable bonds is 2. The van der Waals surface area contributed by atoms with Gasteiger partial charge in [-0.15, -0.1) is 0 Å². The van der Waals surface area contributed by atoms with E-state index in [1.807, 2.05) is 6.07 Å². The quantitative estimate of drug-likeness (QED) is 0.787. The molecule has 0 saturated carbocycles. The van der Waals surface area contributed by atoms with Gasteiger partial charge in [0.15, 0.2) is 11.6 Å². The van der Waals surface area contributed by atoms with Crippen LogP contribution in [0.25, 0.3) is 11.0 Å². The first-order chi connectivity index (χ1) is 10.7.